The minimum absolute atomic E-state index is 0.180. The number of aryl methyl sites for hydroxylation is 2. The number of rotatable bonds is 1. The number of hydrogen-bond acceptors (Lipinski definition) is 4. The predicted octanol–water partition coefficient (Wildman–Crippen LogP) is 2.47. The zero-order valence-electron chi connectivity index (χ0n) is 11.1. The lowest BCUT2D eigenvalue weighted by molar-refractivity contribution is 0.0947. The highest BCUT2D eigenvalue weighted by molar-refractivity contribution is 6.05. The Labute approximate surface area is 115 Å². The fourth-order valence-electron chi connectivity index (χ4n) is 2.25. The zero-order valence-corrected chi connectivity index (χ0v) is 11.1. The molecule has 0 atom stereocenters. The van der Waals surface area contributed by atoms with Crippen LogP contribution < -0.4 is 9.64 Å². The molecular weight excluding hydrogens is 263 g/mol. The summed E-state index contributed by atoms with van der Waals surface area (Å²) in [6, 6.07) is 4.10. The highest BCUT2D eigenvalue weighted by Gasteiger charge is 2.28. The summed E-state index contributed by atoms with van der Waals surface area (Å²) in [4.78, 5) is 18.1. The number of hydrogen-bond donors (Lipinski definition) is 0. The molecular formula is C14H13FN2O3. The molecule has 0 radical (unpaired) electrons. The third-order valence-electron chi connectivity index (χ3n) is 3.13. The quantitative estimate of drug-likeness (QED) is 0.803. The molecule has 5 nitrogen and oxygen atoms in total. The molecule has 104 valence electrons. The molecule has 0 bridgehead atoms. The van der Waals surface area contributed by atoms with E-state index in [1.165, 1.54) is 23.1 Å². The fraction of sp³-hybridized carbons (Fsp3) is 0.286. The topological polar surface area (TPSA) is 55.6 Å². The molecule has 1 aromatic heterocycles. The summed E-state index contributed by atoms with van der Waals surface area (Å²) >= 11 is 0. The lowest BCUT2D eigenvalue weighted by Crippen LogP contribution is -2.38. The molecule has 1 aliphatic rings. The molecule has 3 rings (SSSR count). The first-order valence-electron chi connectivity index (χ1n) is 6.24. The maximum absolute atomic E-state index is 13.4. The Morgan fingerprint density at radius 3 is 2.90 bits per heavy atom. The molecule has 0 saturated carbocycles. The van der Waals surface area contributed by atoms with Gasteiger partial charge in [0.1, 0.15) is 18.2 Å². The molecule has 2 aromatic rings. The van der Waals surface area contributed by atoms with Crippen LogP contribution in [0.5, 0.6) is 5.75 Å². The van der Waals surface area contributed by atoms with E-state index in [4.69, 9.17) is 9.15 Å². The van der Waals surface area contributed by atoms with Crippen molar-refractivity contribution in [2.45, 2.75) is 13.8 Å². The Hall–Kier alpha value is -2.37. The summed E-state index contributed by atoms with van der Waals surface area (Å²) in [5.41, 5.74) is 0.937. The van der Waals surface area contributed by atoms with Crippen LogP contribution in [0, 0.1) is 19.7 Å². The zero-order chi connectivity index (χ0) is 14.3. The summed E-state index contributed by atoms with van der Waals surface area (Å²) in [7, 11) is 0. The number of aromatic nitrogens is 1. The first-order chi connectivity index (χ1) is 9.56. The van der Waals surface area contributed by atoms with E-state index >= 15 is 0 Å². The van der Waals surface area contributed by atoms with Gasteiger partial charge < -0.3 is 9.15 Å². The van der Waals surface area contributed by atoms with Gasteiger partial charge in [-0.25, -0.2) is 9.37 Å². The molecule has 20 heavy (non-hydrogen) atoms. The van der Waals surface area contributed by atoms with E-state index < -0.39 is 5.82 Å². The van der Waals surface area contributed by atoms with Crippen molar-refractivity contribution >= 4 is 11.6 Å². The van der Waals surface area contributed by atoms with Gasteiger partial charge in [-0.15, -0.1) is 0 Å². The molecule has 0 N–H and O–H groups in total. The highest BCUT2D eigenvalue weighted by Crippen LogP contribution is 2.33. The molecule has 1 aliphatic heterocycles. The van der Waals surface area contributed by atoms with Crippen molar-refractivity contribution in [2.75, 3.05) is 18.1 Å². The van der Waals surface area contributed by atoms with Crippen molar-refractivity contribution in [2.24, 2.45) is 0 Å². The largest absolute Gasteiger partial charge is 0.490 e. The van der Waals surface area contributed by atoms with Crippen molar-refractivity contribution in [3.8, 4) is 5.75 Å². The molecule has 2 heterocycles. The first-order valence-corrected chi connectivity index (χ1v) is 6.24. The Kier molecular flexibility index (Phi) is 2.93. The Bertz CT molecular complexity index is 681. The fourth-order valence-corrected chi connectivity index (χ4v) is 2.25. The van der Waals surface area contributed by atoms with Gasteiger partial charge >= 0.3 is 0 Å². The number of oxazole rings is 1. The van der Waals surface area contributed by atoms with Crippen LogP contribution in [0.15, 0.2) is 22.6 Å². The van der Waals surface area contributed by atoms with Crippen LogP contribution in [0.25, 0.3) is 0 Å². The van der Waals surface area contributed by atoms with Crippen LogP contribution in [0.1, 0.15) is 22.1 Å². The van der Waals surface area contributed by atoms with E-state index in [1.54, 1.807) is 13.8 Å². The number of amides is 1. The third kappa shape index (κ3) is 2.03. The lowest BCUT2D eigenvalue weighted by atomic mass is 10.2. The van der Waals surface area contributed by atoms with E-state index in [2.05, 4.69) is 4.98 Å². The first kappa shape index (κ1) is 12.7. The monoisotopic (exact) mass is 276 g/mol. The van der Waals surface area contributed by atoms with Crippen molar-refractivity contribution < 1.29 is 18.3 Å². The minimum atomic E-state index is -0.419. The maximum Gasteiger partial charge on any atom is 0.296 e. The van der Waals surface area contributed by atoms with Gasteiger partial charge in [0.15, 0.2) is 5.89 Å². The third-order valence-corrected chi connectivity index (χ3v) is 3.13. The van der Waals surface area contributed by atoms with Gasteiger partial charge in [0.2, 0.25) is 5.76 Å². The van der Waals surface area contributed by atoms with Crippen molar-refractivity contribution in [3.63, 3.8) is 0 Å². The number of nitrogens with zero attached hydrogens (tertiary/aromatic N) is 2. The number of fused-ring (bicyclic) bond motifs is 1. The van der Waals surface area contributed by atoms with E-state index in [1.807, 2.05) is 0 Å². The lowest BCUT2D eigenvalue weighted by Gasteiger charge is -2.28. The summed E-state index contributed by atoms with van der Waals surface area (Å²) in [5, 5.41) is 0. The number of benzene rings is 1. The SMILES string of the molecule is Cc1nc(C)c(C(=O)N2CCOc3ccc(F)cc32)o1. The molecule has 0 aliphatic carbocycles. The average Bonchev–Trinajstić information content (AvgIpc) is 2.76. The van der Waals surface area contributed by atoms with Crippen molar-refractivity contribution in [1.29, 1.82) is 0 Å². The number of carbonyl (C=O) groups is 1. The number of halogens is 1. The van der Waals surface area contributed by atoms with Gasteiger partial charge in [0.05, 0.1) is 17.9 Å². The normalized spacial score (nSPS) is 13.8. The molecule has 0 fully saturated rings. The molecule has 0 unspecified atom stereocenters. The maximum atomic E-state index is 13.4. The second-order valence-electron chi connectivity index (χ2n) is 4.56. The summed E-state index contributed by atoms with van der Waals surface area (Å²) < 4.78 is 24.1. The van der Waals surface area contributed by atoms with Gasteiger partial charge in [-0.1, -0.05) is 0 Å². The second kappa shape index (κ2) is 4.63. The van der Waals surface area contributed by atoms with Crippen LogP contribution in [-0.2, 0) is 0 Å². The Balaban J connectivity index is 2.02. The van der Waals surface area contributed by atoms with E-state index in [0.29, 0.717) is 36.2 Å². The van der Waals surface area contributed by atoms with Crippen LogP contribution in [0.2, 0.25) is 0 Å². The van der Waals surface area contributed by atoms with Crippen LogP contribution in [0.4, 0.5) is 10.1 Å². The summed E-state index contributed by atoms with van der Waals surface area (Å²) in [6.45, 7) is 4.08. The molecule has 6 heteroatoms. The van der Waals surface area contributed by atoms with E-state index in [0.717, 1.165) is 0 Å². The predicted molar refractivity (Wildman–Crippen MR) is 69.5 cm³/mol. The smallest absolute Gasteiger partial charge is 0.296 e. The van der Waals surface area contributed by atoms with Crippen molar-refractivity contribution in [1.82, 2.24) is 4.98 Å². The van der Waals surface area contributed by atoms with E-state index in [-0.39, 0.29) is 11.7 Å². The number of ether oxygens (including phenoxy) is 1. The molecule has 0 spiro atoms. The van der Waals surface area contributed by atoms with Gasteiger partial charge in [-0.2, -0.15) is 0 Å². The van der Waals surface area contributed by atoms with Crippen LogP contribution >= 0.6 is 0 Å². The highest BCUT2D eigenvalue weighted by atomic mass is 19.1. The molecule has 1 aromatic carbocycles. The minimum Gasteiger partial charge on any atom is -0.490 e. The van der Waals surface area contributed by atoms with Gasteiger partial charge in [0.25, 0.3) is 5.91 Å². The van der Waals surface area contributed by atoms with Crippen molar-refractivity contribution in [3.05, 3.63) is 41.4 Å². The van der Waals surface area contributed by atoms with Crippen LogP contribution in [-0.4, -0.2) is 24.0 Å². The summed E-state index contributed by atoms with van der Waals surface area (Å²) in [5.74, 6) is 0.342. The summed E-state index contributed by atoms with van der Waals surface area (Å²) in [6.07, 6.45) is 0. The van der Waals surface area contributed by atoms with Crippen LogP contribution in [0.3, 0.4) is 0 Å². The average molecular weight is 276 g/mol. The van der Waals surface area contributed by atoms with Gasteiger partial charge in [-0.05, 0) is 19.1 Å². The second-order valence-corrected chi connectivity index (χ2v) is 4.56. The standard InChI is InChI=1S/C14H13FN2O3/c1-8-13(20-9(2)16-8)14(18)17-5-6-19-12-4-3-10(15)7-11(12)17/h3-4,7H,5-6H2,1-2H3. The number of anilines is 1. The number of carbonyl (C=O) groups excluding carboxylic acids is 1. The molecule has 1 amide bonds. The van der Waals surface area contributed by atoms with Gasteiger partial charge in [-0.3, -0.25) is 9.69 Å². The van der Waals surface area contributed by atoms with E-state index in [9.17, 15) is 9.18 Å². The van der Waals surface area contributed by atoms with Gasteiger partial charge in [0, 0.05) is 13.0 Å². The Morgan fingerprint density at radius 2 is 2.20 bits per heavy atom. The Morgan fingerprint density at radius 1 is 1.40 bits per heavy atom. The molecule has 0 saturated heterocycles.